The van der Waals surface area contributed by atoms with Gasteiger partial charge in [-0.3, -0.25) is 4.79 Å². The monoisotopic (exact) mass is 459 g/mol. The largest absolute Gasteiger partial charge is 0.573 e. The molecule has 0 aliphatic rings. The van der Waals surface area contributed by atoms with Crippen LogP contribution >= 0.6 is 23.1 Å². The average molecular weight is 460 g/mol. The van der Waals surface area contributed by atoms with E-state index in [1.54, 1.807) is 13.8 Å². The number of anilines is 2. The van der Waals surface area contributed by atoms with Crippen molar-refractivity contribution >= 4 is 39.8 Å². The van der Waals surface area contributed by atoms with Gasteiger partial charge in [-0.1, -0.05) is 36.9 Å². The number of rotatable bonds is 8. The second kappa shape index (κ2) is 9.53. The molecule has 2 N–H and O–H groups in total. The molecule has 1 aromatic carbocycles. The molecule has 1 aromatic heterocycles. The lowest BCUT2D eigenvalue weighted by Crippen LogP contribution is -2.51. The zero-order valence-corrected chi connectivity index (χ0v) is 18.2. The summed E-state index contributed by atoms with van der Waals surface area (Å²) in [6, 6.07) is 7.32. The van der Waals surface area contributed by atoms with Crippen LogP contribution < -0.4 is 15.4 Å². The van der Waals surface area contributed by atoms with E-state index in [4.69, 9.17) is 0 Å². The third-order valence-corrected chi connectivity index (χ3v) is 6.19. The highest BCUT2D eigenvalue weighted by Crippen LogP contribution is 2.31. The van der Waals surface area contributed by atoms with Gasteiger partial charge in [0.15, 0.2) is 4.34 Å². The number of hydrogen-bond donors (Lipinski definition) is 2. The summed E-state index contributed by atoms with van der Waals surface area (Å²) in [5, 5.41) is 22.9. The Labute approximate surface area is 180 Å². The Morgan fingerprint density at radius 1 is 1.23 bits per heavy atom. The number of carbonyl (C=O) groups excluding carboxylic acids is 1. The maximum absolute atomic E-state index is 12.4. The van der Waals surface area contributed by atoms with Gasteiger partial charge in [-0.25, -0.2) is 0 Å². The van der Waals surface area contributed by atoms with Crippen molar-refractivity contribution in [1.29, 1.82) is 5.26 Å². The van der Waals surface area contributed by atoms with Crippen molar-refractivity contribution in [3.8, 4) is 11.8 Å². The lowest BCUT2D eigenvalue weighted by molar-refractivity contribution is -0.274. The molecule has 0 aliphatic carbocycles. The first kappa shape index (κ1) is 23.8. The van der Waals surface area contributed by atoms with Crippen molar-refractivity contribution in [3.05, 3.63) is 24.3 Å². The minimum absolute atomic E-state index is 0.0612. The summed E-state index contributed by atoms with van der Waals surface area (Å²) in [5.74, 6) is -0.677. The number of hydrogen-bond acceptors (Lipinski definition) is 8. The standard InChI is InChI=1S/C18H20F3N5O2S2/c1-10(2)17(4,9-22)24-14(27)11(3)29-16-26-25-15(30-16)23-12-5-7-13(8-6-12)28-18(19,20)21/h5-8,10-11H,1-4H3,(H,23,25)(H,24,27). The zero-order valence-electron chi connectivity index (χ0n) is 16.6. The molecule has 1 heterocycles. The van der Waals surface area contributed by atoms with Gasteiger partial charge in [-0.05, 0) is 44.0 Å². The SMILES string of the molecule is CC(Sc1nnc(Nc2ccc(OC(F)(F)F)cc2)s1)C(=O)NC(C)(C#N)C(C)C. The molecule has 0 aliphatic heterocycles. The van der Waals surface area contributed by atoms with Crippen molar-refractivity contribution in [2.24, 2.45) is 5.92 Å². The van der Waals surface area contributed by atoms with Crippen molar-refractivity contribution in [2.75, 3.05) is 5.32 Å². The van der Waals surface area contributed by atoms with Crippen LogP contribution in [0.5, 0.6) is 5.75 Å². The fourth-order valence-electron chi connectivity index (χ4n) is 2.04. The molecule has 0 fully saturated rings. The number of thioether (sulfide) groups is 1. The highest BCUT2D eigenvalue weighted by atomic mass is 32.2. The number of aromatic nitrogens is 2. The Hall–Kier alpha value is -2.52. The Kier molecular flexibility index (Phi) is 7.54. The maximum Gasteiger partial charge on any atom is 0.573 e. The van der Waals surface area contributed by atoms with E-state index in [1.807, 2.05) is 13.8 Å². The minimum Gasteiger partial charge on any atom is -0.406 e. The van der Waals surface area contributed by atoms with E-state index in [-0.39, 0.29) is 17.6 Å². The van der Waals surface area contributed by atoms with Gasteiger partial charge in [0.05, 0.1) is 11.3 Å². The molecule has 30 heavy (non-hydrogen) atoms. The second-order valence-corrected chi connectivity index (χ2v) is 9.35. The number of benzene rings is 1. The van der Waals surface area contributed by atoms with E-state index in [9.17, 15) is 23.2 Å². The molecule has 162 valence electrons. The first-order chi connectivity index (χ1) is 13.9. The van der Waals surface area contributed by atoms with E-state index in [0.29, 0.717) is 15.2 Å². The van der Waals surface area contributed by atoms with Crippen molar-refractivity contribution in [2.45, 2.75) is 49.2 Å². The van der Waals surface area contributed by atoms with Crippen LogP contribution in [-0.4, -0.2) is 33.3 Å². The van der Waals surface area contributed by atoms with Gasteiger partial charge in [0.2, 0.25) is 11.0 Å². The quantitative estimate of drug-likeness (QED) is 0.551. The molecule has 2 atom stereocenters. The highest BCUT2D eigenvalue weighted by Gasteiger charge is 2.32. The van der Waals surface area contributed by atoms with Gasteiger partial charge >= 0.3 is 6.36 Å². The van der Waals surface area contributed by atoms with Gasteiger partial charge in [-0.15, -0.1) is 23.4 Å². The van der Waals surface area contributed by atoms with Crippen LogP contribution in [0.2, 0.25) is 0 Å². The molecule has 7 nitrogen and oxygen atoms in total. The first-order valence-electron chi connectivity index (χ1n) is 8.78. The predicted octanol–water partition coefficient (Wildman–Crippen LogP) is 4.72. The second-order valence-electron chi connectivity index (χ2n) is 6.79. The van der Waals surface area contributed by atoms with Crippen molar-refractivity contribution in [1.82, 2.24) is 15.5 Å². The summed E-state index contributed by atoms with van der Waals surface area (Å²) in [5.41, 5.74) is -0.466. The lowest BCUT2D eigenvalue weighted by atomic mass is 9.90. The third-order valence-electron chi connectivity index (χ3n) is 4.16. The number of alkyl halides is 3. The third kappa shape index (κ3) is 6.77. The number of amides is 1. The number of carbonyl (C=O) groups is 1. The molecule has 0 saturated heterocycles. The first-order valence-corrected chi connectivity index (χ1v) is 10.5. The van der Waals surface area contributed by atoms with Crippen LogP contribution in [0, 0.1) is 17.2 Å². The molecule has 0 bridgehead atoms. The molecule has 0 saturated carbocycles. The fraction of sp³-hybridized carbons (Fsp3) is 0.444. The number of ether oxygens (including phenoxy) is 1. The number of nitrogens with one attached hydrogen (secondary N) is 2. The van der Waals surface area contributed by atoms with Gasteiger partial charge in [0, 0.05) is 5.69 Å². The van der Waals surface area contributed by atoms with Gasteiger partial charge in [-0.2, -0.15) is 5.26 Å². The van der Waals surface area contributed by atoms with E-state index < -0.39 is 17.2 Å². The molecule has 2 unspecified atom stereocenters. The van der Waals surface area contributed by atoms with E-state index >= 15 is 0 Å². The summed E-state index contributed by atoms with van der Waals surface area (Å²) in [7, 11) is 0. The molecule has 12 heteroatoms. The lowest BCUT2D eigenvalue weighted by Gasteiger charge is -2.28. The summed E-state index contributed by atoms with van der Waals surface area (Å²) in [6.45, 7) is 7.08. The average Bonchev–Trinajstić information content (AvgIpc) is 3.08. The number of nitrogens with zero attached hydrogens (tertiary/aromatic N) is 3. The maximum atomic E-state index is 12.4. The Balaban J connectivity index is 1.95. The van der Waals surface area contributed by atoms with Crippen molar-refractivity contribution < 1.29 is 22.7 Å². The van der Waals surface area contributed by atoms with E-state index in [0.717, 1.165) is 0 Å². The Bertz CT molecular complexity index is 912. The molecule has 2 rings (SSSR count). The topological polar surface area (TPSA) is 99.9 Å². The molecular formula is C18H20F3N5O2S2. The Morgan fingerprint density at radius 2 is 1.87 bits per heavy atom. The summed E-state index contributed by atoms with van der Waals surface area (Å²) in [6.07, 6.45) is -4.75. The smallest absolute Gasteiger partial charge is 0.406 e. The number of halogens is 3. The minimum atomic E-state index is -4.75. The van der Waals surface area contributed by atoms with Crippen LogP contribution in [0.3, 0.4) is 0 Å². The molecule has 1 amide bonds. The van der Waals surface area contributed by atoms with Gasteiger partial charge in [0.1, 0.15) is 11.3 Å². The summed E-state index contributed by atoms with van der Waals surface area (Å²) < 4.78 is 41.0. The van der Waals surface area contributed by atoms with Crippen LogP contribution in [0.25, 0.3) is 0 Å². The highest BCUT2D eigenvalue weighted by molar-refractivity contribution is 8.02. The predicted molar refractivity (Wildman–Crippen MR) is 109 cm³/mol. The van der Waals surface area contributed by atoms with Gasteiger partial charge < -0.3 is 15.4 Å². The van der Waals surface area contributed by atoms with Gasteiger partial charge in [0.25, 0.3) is 0 Å². The Morgan fingerprint density at radius 3 is 2.40 bits per heavy atom. The molecule has 2 aromatic rings. The fourth-order valence-corrected chi connectivity index (χ4v) is 3.95. The zero-order chi connectivity index (χ0) is 22.5. The summed E-state index contributed by atoms with van der Waals surface area (Å²) in [4.78, 5) is 12.4. The molecule has 0 spiro atoms. The normalized spacial score (nSPS) is 14.5. The van der Waals surface area contributed by atoms with Crippen molar-refractivity contribution in [3.63, 3.8) is 0 Å². The van der Waals surface area contributed by atoms with Crippen LogP contribution in [0.1, 0.15) is 27.7 Å². The molecular weight excluding hydrogens is 439 g/mol. The summed E-state index contributed by atoms with van der Waals surface area (Å²) >= 11 is 2.38. The molecule has 0 radical (unpaired) electrons. The van der Waals surface area contributed by atoms with Crippen LogP contribution in [-0.2, 0) is 4.79 Å². The van der Waals surface area contributed by atoms with E-state index in [1.165, 1.54) is 47.4 Å². The number of nitriles is 1. The van der Waals surface area contributed by atoms with E-state index in [2.05, 4.69) is 31.6 Å². The van der Waals surface area contributed by atoms with Crippen LogP contribution in [0.15, 0.2) is 28.6 Å². The van der Waals surface area contributed by atoms with Crippen LogP contribution in [0.4, 0.5) is 24.0 Å².